The van der Waals surface area contributed by atoms with Gasteiger partial charge in [-0.1, -0.05) is 5.10 Å². The molecule has 2 unspecified atom stereocenters. The van der Waals surface area contributed by atoms with Crippen LogP contribution in [0.5, 0.6) is 0 Å². The van der Waals surface area contributed by atoms with Gasteiger partial charge in [-0.05, 0) is 7.05 Å². The number of nitrogens with zero attached hydrogens (tertiary/aromatic N) is 4. The third kappa shape index (κ3) is 1.95. The Balaban J connectivity index is 1.74. The highest BCUT2D eigenvalue weighted by Gasteiger charge is 2.40. The molecule has 2 saturated heterocycles. The Morgan fingerprint density at radius 1 is 1.33 bits per heavy atom. The molecule has 0 spiro atoms. The van der Waals surface area contributed by atoms with E-state index in [2.05, 4.69) is 15.1 Å². The van der Waals surface area contributed by atoms with Gasteiger partial charge >= 0.3 is 12.4 Å². The molecule has 2 fully saturated rings. The smallest absolute Gasteiger partial charge is 0.318 e. The molecule has 0 aliphatic carbocycles. The molecule has 0 bridgehead atoms. The van der Waals surface area contributed by atoms with Crippen LogP contribution < -0.4 is 4.90 Å². The highest BCUT2D eigenvalue weighted by molar-refractivity contribution is 5.29. The van der Waals surface area contributed by atoms with Crippen molar-refractivity contribution in [3.8, 4) is 0 Å². The van der Waals surface area contributed by atoms with Crippen molar-refractivity contribution in [1.82, 2.24) is 15.1 Å². The number of morpholine rings is 1. The van der Waals surface area contributed by atoms with E-state index in [4.69, 9.17) is 9.15 Å². The minimum Gasteiger partial charge on any atom is -0.402 e. The summed E-state index contributed by atoms with van der Waals surface area (Å²) in [5.41, 5.74) is 0. The summed E-state index contributed by atoms with van der Waals surface area (Å²) < 4.78 is 35.4. The zero-order valence-electron chi connectivity index (χ0n) is 9.92. The number of hydrogen-bond acceptors (Lipinski definition) is 6. The molecule has 8 heteroatoms. The Labute approximate surface area is 103 Å². The molecular formula is C10H14F2N4O2. The van der Waals surface area contributed by atoms with Gasteiger partial charge in [0.05, 0.1) is 25.3 Å². The van der Waals surface area contributed by atoms with Crippen molar-refractivity contribution in [3.05, 3.63) is 5.89 Å². The van der Waals surface area contributed by atoms with Crippen LogP contribution in [0, 0.1) is 0 Å². The molecule has 3 rings (SSSR count). The van der Waals surface area contributed by atoms with Gasteiger partial charge in [0.25, 0.3) is 5.89 Å². The van der Waals surface area contributed by atoms with Crippen LogP contribution in [0.4, 0.5) is 14.8 Å². The number of aromatic nitrogens is 2. The van der Waals surface area contributed by atoms with E-state index >= 15 is 0 Å². The largest absolute Gasteiger partial charge is 0.402 e. The number of alkyl halides is 2. The SMILES string of the molecule is CN1CCOC2CN(c3nnc(C(F)F)o3)CC21. The lowest BCUT2D eigenvalue weighted by atomic mass is 10.1. The fourth-order valence-electron chi connectivity index (χ4n) is 2.46. The summed E-state index contributed by atoms with van der Waals surface area (Å²) in [5, 5.41) is 6.99. The molecular weight excluding hydrogens is 246 g/mol. The lowest BCUT2D eigenvalue weighted by molar-refractivity contribution is -0.0362. The van der Waals surface area contributed by atoms with Gasteiger partial charge in [0.1, 0.15) is 0 Å². The molecule has 3 heterocycles. The predicted molar refractivity (Wildman–Crippen MR) is 57.6 cm³/mol. The molecule has 1 aromatic heterocycles. The van der Waals surface area contributed by atoms with E-state index in [1.165, 1.54) is 0 Å². The first kappa shape index (κ1) is 11.8. The second-order valence-electron chi connectivity index (χ2n) is 4.59. The maximum atomic E-state index is 12.4. The Morgan fingerprint density at radius 2 is 2.17 bits per heavy atom. The van der Waals surface area contributed by atoms with Crippen molar-refractivity contribution in [2.75, 3.05) is 38.2 Å². The van der Waals surface area contributed by atoms with E-state index in [9.17, 15) is 8.78 Å². The molecule has 2 aliphatic heterocycles. The highest BCUT2D eigenvalue weighted by atomic mass is 19.3. The maximum absolute atomic E-state index is 12.4. The Morgan fingerprint density at radius 3 is 2.83 bits per heavy atom. The summed E-state index contributed by atoms with van der Waals surface area (Å²) in [6, 6.07) is 0.400. The van der Waals surface area contributed by atoms with Crippen LogP contribution in [0.2, 0.25) is 0 Å². The lowest BCUT2D eigenvalue weighted by Crippen LogP contribution is -2.48. The monoisotopic (exact) mass is 260 g/mol. The number of likely N-dealkylation sites (N-methyl/N-ethyl adjacent to an activating group) is 1. The first-order valence-electron chi connectivity index (χ1n) is 5.83. The van der Waals surface area contributed by atoms with Gasteiger partial charge in [-0.2, -0.15) is 8.78 Å². The second kappa shape index (κ2) is 4.43. The molecule has 0 saturated carbocycles. The fraction of sp³-hybridized carbons (Fsp3) is 0.800. The summed E-state index contributed by atoms with van der Waals surface area (Å²) >= 11 is 0. The number of fused-ring (bicyclic) bond motifs is 1. The summed E-state index contributed by atoms with van der Waals surface area (Å²) in [7, 11) is 2.03. The van der Waals surface area contributed by atoms with Gasteiger partial charge in [0, 0.05) is 13.1 Å². The van der Waals surface area contributed by atoms with E-state index in [0.29, 0.717) is 19.7 Å². The number of anilines is 1. The number of rotatable bonds is 2. The van der Waals surface area contributed by atoms with Gasteiger partial charge in [-0.3, -0.25) is 4.90 Å². The van der Waals surface area contributed by atoms with Crippen molar-refractivity contribution in [3.63, 3.8) is 0 Å². The number of ether oxygens (including phenoxy) is 1. The predicted octanol–water partition coefficient (Wildman–Crippen LogP) is 0.526. The topological polar surface area (TPSA) is 54.6 Å². The summed E-state index contributed by atoms with van der Waals surface area (Å²) in [4.78, 5) is 4.01. The molecule has 0 radical (unpaired) electrons. The van der Waals surface area contributed by atoms with Gasteiger partial charge in [-0.15, -0.1) is 5.10 Å². The standard InChI is InChI=1S/C10H14F2N4O2/c1-15-2-3-17-7-5-16(4-6(7)15)10-14-13-9(18-10)8(11)12/h6-8H,2-5H2,1H3. The first-order chi connectivity index (χ1) is 8.65. The van der Waals surface area contributed by atoms with Crippen LogP contribution in [-0.4, -0.2) is 60.5 Å². The van der Waals surface area contributed by atoms with Gasteiger partial charge in [-0.25, -0.2) is 0 Å². The van der Waals surface area contributed by atoms with Crippen LogP contribution in [-0.2, 0) is 4.74 Å². The van der Waals surface area contributed by atoms with Crippen molar-refractivity contribution >= 4 is 6.01 Å². The molecule has 18 heavy (non-hydrogen) atoms. The Kier molecular flexibility index (Phi) is 2.90. The Bertz CT molecular complexity index is 428. The van der Waals surface area contributed by atoms with Crippen molar-refractivity contribution in [1.29, 1.82) is 0 Å². The molecule has 100 valence electrons. The number of hydrogen-bond donors (Lipinski definition) is 0. The van der Waals surface area contributed by atoms with Gasteiger partial charge in [0.15, 0.2) is 0 Å². The van der Waals surface area contributed by atoms with Crippen molar-refractivity contribution in [2.45, 2.75) is 18.6 Å². The molecule has 6 nitrogen and oxygen atoms in total. The average Bonchev–Trinajstić information content (AvgIpc) is 2.95. The van der Waals surface area contributed by atoms with E-state index in [-0.39, 0.29) is 18.2 Å². The molecule has 2 atom stereocenters. The van der Waals surface area contributed by atoms with Crippen LogP contribution in [0.3, 0.4) is 0 Å². The molecule has 0 amide bonds. The van der Waals surface area contributed by atoms with Gasteiger partial charge in [0.2, 0.25) is 0 Å². The normalized spacial score (nSPS) is 29.0. The quantitative estimate of drug-likeness (QED) is 0.773. The molecule has 0 aromatic carbocycles. The highest BCUT2D eigenvalue weighted by Crippen LogP contribution is 2.27. The van der Waals surface area contributed by atoms with Crippen LogP contribution >= 0.6 is 0 Å². The lowest BCUT2D eigenvalue weighted by Gasteiger charge is -2.33. The second-order valence-corrected chi connectivity index (χ2v) is 4.59. The van der Waals surface area contributed by atoms with E-state index in [1.807, 2.05) is 7.05 Å². The van der Waals surface area contributed by atoms with Gasteiger partial charge < -0.3 is 14.1 Å². The number of halogens is 2. The third-order valence-corrected chi connectivity index (χ3v) is 3.47. The van der Waals surface area contributed by atoms with Crippen molar-refractivity contribution in [2.24, 2.45) is 0 Å². The van der Waals surface area contributed by atoms with E-state index in [1.54, 1.807) is 4.90 Å². The Hall–Kier alpha value is -1.28. The van der Waals surface area contributed by atoms with Crippen molar-refractivity contribution < 1.29 is 17.9 Å². The summed E-state index contributed by atoms with van der Waals surface area (Å²) in [6.07, 6.45) is -2.65. The molecule has 1 aromatic rings. The zero-order valence-corrected chi connectivity index (χ0v) is 9.92. The zero-order chi connectivity index (χ0) is 12.7. The minimum absolute atomic E-state index is 0.0747. The molecule has 0 N–H and O–H groups in total. The summed E-state index contributed by atoms with van der Waals surface area (Å²) in [5.74, 6) is -0.630. The van der Waals surface area contributed by atoms with Crippen LogP contribution in [0.15, 0.2) is 4.42 Å². The summed E-state index contributed by atoms with van der Waals surface area (Å²) in [6.45, 7) is 2.82. The fourth-order valence-corrected chi connectivity index (χ4v) is 2.46. The minimum atomic E-state index is -2.73. The van der Waals surface area contributed by atoms with E-state index in [0.717, 1.165) is 6.54 Å². The molecule has 2 aliphatic rings. The van der Waals surface area contributed by atoms with Crippen LogP contribution in [0.25, 0.3) is 0 Å². The first-order valence-corrected chi connectivity index (χ1v) is 5.83. The van der Waals surface area contributed by atoms with E-state index < -0.39 is 12.3 Å². The average molecular weight is 260 g/mol. The maximum Gasteiger partial charge on any atom is 0.318 e. The van der Waals surface area contributed by atoms with Crippen LogP contribution in [0.1, 0.15) is 12.3 Å². The third-order valence-electron chi connectivity index (χ3n) is 3.47.